The first-order chi connectivity index (χ1) is 13.1. The number of nitrogens with zero attached hydrogens (tertiary/aromatic N) is 1. The van der Waals surface area contributed by atoms with Crippen LogP contribution in [0.4, 0.5) is 4.79 Å². The van der Waals surface area contributed by atoms with E-state index in [9.17, 15) is 9.59 Å². The van der Waals surface area contributed by atoms with Crippen LogP contribution in [0.2, 0.25) is 0 Å². The number of rotatable bonds is 6. The van der Waals surface area contributed by atoms with Crippen LogP contribution in [0.15, 0.2) is 30.3 Å². The average molecular weight is 392 g/mol. The Morgan fingerprint density at radius 1 is 1.25 bits per heavy atom. The lowest BCUT2D eigenvalue weighted by atomic mass is 9.92. The minimum atomic E-state index is -0.694. The van der Waals surface area contributed by atoms with Crippen LogP contribution in [-0.4, -0.2) is 48.0 Å². The summed E-state index contributed by atoms with van der Waals surface area (Å²) < 4.78 is 10.3. The van der Waals surface area contributed by atoms with Gasteiger partial charge < -0.3 is 14.8 Å². The highest BCUT2D eigenvalue weighted by molar-refractivity contribution is 5.75. The van der Waals surface area contributed by atoms with E-state index >= 15 is 0 Å². The molecular weight excluding hydrogens is 360 g/mol. The second-order valence-electron chi connectivity index (χ2n) is 8.40. The molecule has 1 aromatic rings. The van der Waals surface area contributed by atoms with Crippen LogP contribution in [0.1, 0.15) is 46.6 Å². The second-order valence-corrected chi connectivity index (χ2v) is 8.40. The van der Waals surface area contributed by atoms with E-state index in [0.717, 1.165) is 5.56 Å². The van der Waals surface area contributed by atoms with E-state index in [1.165, 1.54) is 7.11 Å². The third-order valence-electron chi connectivity index (χ3n) is 4.55. The zero-order valence-electron chi connectivity index (χ0n) is 17.6. The lowest BCUT2D eigenvalue weighted by molar-refractivity contribution is -0.193. The van der Waals surface area contributed by atoms with Crippen LogP contribution in [0.5, 0.6) is 0 Å². The Morgan fingerprint density at radius 3 is 2.43 bits per heavy atom. The Balaban J connectivity index is 2.20. The van der Waals surface area contributed by atoms with Gasteiger partial charge >= 0.3 is 12.1 Å². The van der Waals surface area contributed by atoms with Crippen molar-refractivity contribution in [1.82, 2.24) is 10.4 Å². The third-order valence-corrected chi connectivity index (χ3v) is 4.55. The molecule has 1 aliphatic heterocycles. The van der Waals surface area contributed by atoms with Crippen molar-refractivity contribution in [3.8, 4) is 0 Å². The molecule has 0 saturated carbocycles. The number of carbonyl (C=O) groups excluding carboxylic acids is 2. The number of nitrogens with one attached hydrogen (secondary N) is 1. The molecule has 1 fully saturated rings. The van der Waals surface area contributed by atoms with E-state index in [2.05, 4.69) is 5.32 Å². The molecule has 7 heteroatoms. The largest absolute Gasteiger partial charge is 0.467 e. The molecule has 2 rings (SSSR count). The van der Waals surface area contributed by atoms with Gasteiger partial charge in [-0.05, 0) is 32.3 Å². The standard InChI is InChI=1S/C21H32N2O5/c1-14(2)18(22-20(25)27-21(3,4)5)16-12-17(19(24)26-6)28-23(16)13-15-10-8-7-9-11-15/h7-11,14,16-18H,12-13H2,1-6H3,(H,22,25)/t16-,17+,18+/m1/s1. The molecule has 1 aliphatic rings. The Morgan fingerprint density at radius 2 is 1.89 bits per heavy atom. The topological polar surface area (TPSA) is 77.1 Å². The molecule has 1 aromatic carbocycles. The molecule has 0 aromatic heterocycles. The fraction of sp³-hybridized carbons (Fsp3) is 0.619. The van der Waals surface area contributed by atoms with Gasteiger partial charge in [-0.15, -0.1) is 0 Å². The molecule has 1 heterocycles. The van der Waals surface area contributed by atoms with Crippen molar-refractivity contribution >= 4 is 12.1 Å². The molecule has 1 saturated heterocycles. The van der Waals surface area contributed by atoms with E-state index in [0.29, 0.717) is 13.0 Å². The molecule has 0 radical (unpaired) electrons. The molecule has 7 nitrogen and oxygen atoms in total. The van der Waals surface area contributed by atoms with Gasteiger partial charge in [0.1, 0.15) is 5.60 Å². The Bertz CT molecular complexity index is 657. The molecule has 156 valence electrons. The van der Waals surface area contributed by atoms with Gasteiger partial charge in [-0.25, -0.2) is 9.59 Å². The maximum Gasteiger partial charge on any atom is 0.407 e. The molecule has 0 unspecified atom stereocenters. The number of ether oxygens (including phenoxy) is 2. The SMILES string of the molecule is COC(=O)[C@@H]1C[C@H]([C@@H](NC(=O)OC(C)(C)C)C(C)C)N(Cc2ccccc2)O1. The van der Waals surface area contributed by atoms with Crippen LogP contribution < -0.4 is 5.32 Å². The molecule has 0 bridgehead atoms. The Hall–Kier alpha value is -2.12. The summed E-state index contributed by atoms with van der Waals surface area (Å²) in [5.41, 5.74) is 0.466. The average Bonchev–Trinajstić information content (AvgIpc) is 3.01. The molecule has 1 N–H and O–H groups in total. The van der Waals surface area contributed by atoms with Crippen molar-refractivity contribution in [2.75, 3.05) is 7.11 Å². The molecular formula is C21H32N2O5. The predicted molar refractivity (Wildman–Crippen MR) is 105 cm³/mol. The van der Waals surface area contributed by atoms with Gasteiger partial charge in [-0.2, -0.15) is 5.06 Å². The minimum Gasteiger partial charge on any atom is -0.467 e. The number of methoxy groups -OCH3 is 1. The van der Waals surface area contributed by atoms with Gasteiger partial charge in [-0.1, -0.05) is 44.2 Å². The second kappa shape index (κ2) is 9.39. The number of alkyl carbamates (subject to hydrolysis) is 1. The van der Waals surface area contributed by atoms with Crippen LogP contribution in [0.25, 0.3) is 0 Å². The summed E-state index contributed by atoms with van der Waals surface area (Å²) in [6.45, 7) is 10.0. The van der Waals surface area contributed by atoms with Crippen LogP contribution in [0, 0.1) is 5.92 Å². The van der Waals surface area contributed by atoms with E-state index < -0.39 is 23.8 Å². The number of hydrogen-bond acceptors (Lipinski definition) is 6. The number of hydrogen-bond donors (Lipinski definition) is 1. The van der Waals surface area contributed by atoms with Crippen LogP contribution in [0.3, 0.4) is 0 Å². The highest BCUT2D eigenvalue weighted by atomic mass is 16.7. The lowest BCUT2D eigenvalue weighted by Crippen LogP contribution is -2.52. The van der Waals surface area contributed by atoms with Crippen molar-refractivity contribution in [2.24, 2.45) is 5.92 Å². The normalized spacial score (nSPS) is 21.4. The first-order valence-electron chi connectivity index (χ1n) is 9.65. The summed E-state index contributed by atoms with van der Waals surface area (Å²) in [6.07, 6.45) is -0.745. The first-order valence-corrected chi connectivity index (χ1v) is 9.65. The number of benzene rings is 1. The maximum atomic E-state index is 12.4. The van der Waals surface area contributed by atoms with Crippen LogP contribution >= 0.6 is 0 Å². The van der Waals surface area contributed by atoms with E-state index in [1.54, 1.807) is 5.06 Å². The summed E-state index contributed by atoms with van der Waals surface area (Å²) in [6, 6.07) is 9.40. The van der Waals surface area contributed by atoms with Gasteiger partial charge in [0.25, 0.3) is 0 Å². The van der Waals surface area contributed by atoms with Gasteiger partial charge in [0.05, 0.1) is 19.2 Å². The van der Waals surface area contributed by atoms with Crippen LogP contribution in [-0.2, 0) is 25.7 Å². The molecule has 3 atom stereocenters. The zero-order valence-corrected chi connectivity index (χ0v) is 17.6. The van der Waals surface area contributed by atoms with Crippen molar-refractivity contribution in [1.29, 1.82) is 0 Å². The monoisotopic (exact) mass is 392 g/mol. The lowest BCUT2D eigenvalue weighted by Gasteiger charge is -2.33. The van der Waals surface area contributed by atoms with E-state index in [4.69, 9.17) is 14.3 Å². The molecule has 0 spiro atoms. The predicted octanol–water partition coefficient (Wildman–Crippen LogP) is 3.28. The van der Waals surface area contributed by atoms with Gasteiger partial charge in [-0.3, -0.25) is 4.84 Å². The zero-order chi connectivity index (χ0) is 20.9. The highest BCUT2D eigenvalue weighted by Crippen LogP contribution is 2.29. The highest BCUT2D eigenvalue weighted by Gasteiger charge is 2.44. The summed E-state index contributed by atoms with van der Waals surface area (Å²) in [4.78, 5) is 30.4. The fourth-order valence-electron chi connectivity index (χ4n) is 3.29. The summed E-state index contributed by atoms with van der Waals surface area (Å²) in [7, 11) is 1.35. The summed E-state index contributed by atoms with van der Waals surface area (Å²) in [5, 5.41) is 4.75. The quantitative estimate of drug-likeness (QED) is 0.749. The number of carbonyl (C=O) groups is 2. The summed E-state index contributed by atoms with van der Waals surface area (Å²) >= 11 is 0. The van der Waals surface area contributed by atoms with Crippen molar-refractivity contribution in [3.05, 3.63) is 35.9 Å². The maximum absolute atomic E-state index is 12.4. The van der Waals surface area contributed by atoms with Gasteiger partial charge in [0.15, 0.2) is 6.10 Å². The van der Waals surface area contributed by atoms with Crippen molar-refractivity contribution in [3.63, 3.8) is 0 Å². The smallest absolute Gasteiger partial charge is 0.407 e. The molecule has 1 amide bonds. The Labute approximate surface area is 167 Å². The minimum absolute atomic E-state index is 0.107. The number of hydroxylamine groups is 2. The van der Waals surface area contributed by atoms with Crippen molar-refractivity contribution in [2.45, 2.75) is 71.4 Å². The molecule has 28 heavy (non-hydrogen) atoms. The third kappa shape index (κ3) is 6.21. The van der Waals surface area contributed by atoms with Crippen molar-refractivity contribution < 1.29 is 23.9 Å². The van der Waals surface area contributed by atoms with E-state index in [1.807, 2.05) is 65.0 Å². The van der Waals surface area contributed by atoms with E-state index in [-0.39, 0.29) is 18.0 Å². The van der Waals surface area contributed by atoms with Gasteiger partial charge in [0, 0.05) is 13.0 Å². The fourth-order valence-corrected chi connectivity index (χ4v) is 3.29. The number of esters is 1. The summed E-state index contributed by atoms with van der Waals surface area (Å²) in [5.74, 6) is -0.309. The van der Waals surface area contributed by atoms with Gasteiger partial charge in [0.2, 0.25) is 0 Å². The Kier molecular flexibility index (Phi) is 7.43. The first kappa shape index (κ1) is 22.2. The number of amides is 1. The molecule has 0 aliphatic carbocycles.